The standard InChI is InChI=1S/C20H30FN3O3/c1-13(2)18(24-11-14(3)27-15(4)12-24)20(26)23-10-9-22-19(25)16-7-5-6-8-17(16)21/h5-8,13-15,18H,9-12H2,1-4H3,(H,22,25)(H,23,26)/t14-,15+,18-/m1/s1. The number of nitrogens with one attached hydrogen (secondary N) is 2. The highest BCUT2D eigenvalue weighted by Crippen LogP contribution is 2.18. The SMILES string of the molecule is CC(C)[C@H](C(=O)NCCNC(=O)c1ccccc1F)N1C[C@@H](C)O[C@@H](C)C1. The molecule has 2 rings (SSSR count). The quantitative estimate of drug-likeness (QED) is 0.709. The zero-order chi connectivity index (χ0) is 20.0. The molecule has 2 N–H and O–H groups in total. The molecule has 3 atom stereocenters. The Morgan fingerprint density at radius 2 is 1.74 bits per heavy atom. The summed E-state index contributed by atoms with van der Waals surface area (Å²) in [6.07, 6.45) is 0.172. The van der Waals surface area contributed by atoms with Gasteiger partial charge in [-0.15, -0.1) is 0 Å². The molecule has 7 heteroatoms. The summed E-state index contributed by atoms with van der Waals surface area (Å²) >= 11 is 0. The minimum absolute atomic E-state index is 0.000162. The van der Waals surface area contributed by atoms with Crippen molar-refractivity contribution >= 4 is 11.8 Å². The van der Waals surface area contributed by atoms with Crippen molar-refractivity contribution < 1.29 is 18.7 Å². The van der Waals surface area contributed by atoms with E-state index < -0.39 is 11.7 Å². The van der Waals surface area contributed by atoms with E-state index in [1.807, 2.05) is 27.7 Å². The van der Waals surface area contributed by atoms with Gasteiger partial charge < -0.3 is 15.4 Å². The number of morpholine rings is 1. The molecule has 1 heterocycles. The van der Waals surface area contributed by atoms with E-state index in [-0.39, 0.29) is 48.7 Å². The van der Waals surface area contributed by atoms with Crippen molar-refractivity contribution in [1.82, 2.24) is 15.5 Å². The van der Waals surface area contributed by atoms with Crippen LogP contribution in [0.4, 0.5) is 4.39 Å². The van der Waals surface area contributed by atoms with Crippen LogP contribution < -0.4 is 10.6 Å². The van der Waals surface area contributed by atoms with Gasteiger partial charge in [-0.1, -0.05) is 26.0 Å². The first-order chi connectivity index (χ1) is 12.8. The van der Waals surface area contributed by atoms with Crippen LogP contribution in [0.25, 0.3) is 0 Å². The molecule has 27 heavy (non-hydrogen) atoms. The molecule has 1 saturated heterocycles. The average molecular weight is 379 g/mol. The molecular formula is C20H30FN3O3. The third-order valence-corrected chi connectivity index (χ3v) is 4.57. The first-order valence-corrected chi connectivity index (χ1v) is 9.49. The molecule has 1 aromatic rings. The first kappa shape index (κ1) is 21.3. The van der Waals surface area contributed by atoms with Gasteiger partial charge in [-0.25, -0.2) is 4.39 Å². The Bertz CT molecular complexity index is 643. The number of ether oxygens (including phenoxy) is 1. The number of hydrogen-bond donors (Lipinski definition) is 2. The topological polar surface area (TPSA) is 70.7 Å². The second kappa shape index (κ2) is 9.80. The van der Waals surface area contributed by atoms with Gasteiger partial charge in [-0.3, -0.25) is 14.5 Å². The largest absolute Gasteiger partial charge is 0.373 e. The summed E-state index contributed by atoms with van der Waals surface area (Å²) in [4.78, 5) is 26.8. The molecule has 0 aromatic heterocycles. The van der Waals surface area contributed by atoms with Gasteiger partial charge in [0.1, 0.15) is 5.82 Å². The zero-order valence-electron chi connectivity index (χ0n) is 16.5. The van der Waals surface area contributed by atoms with Gasteiger partial charge in [0.2, 0.25) is 5.91 Å². The number of amides is 2. The Labute approximate surface area is 160 Å². The van der Waals surface area contributed by atoms with Crippen LogP contribution >= 0.6 is 0 Å². The van der Waals surface area contributed by atoms with Crippen LogP contribution in [0.1, 0.15) is 38.1 Å². The maximum Gasteiger partial charge on any atom is 0.254 e. The highest BCUT2D eigenvalue weighted by Gasteiger charge is 2.33. The normalized spacial score (nSPS) is 21.7. The lowest BCUT2D eigenvalue weighted by atomic mass is 9.99. The van der Waals surface area contributed by atoms with E-state index in [0.29, 0.717) is 13.1 Å². The number of halogens is 1. The number of carbonyl (C=O) groups excluding carboxylic acids is 2. The van der Waals surface area contributed by atoms with Crippen LogP contribution in [0.15, 0.2) is 24.3 Å². The van der Waals surface area contributed by atoms with E-state index in [9.17, 15) is 14.0 Å². The third-order valence-electron chi connectivity index (χ3n) is 4.57. The number of carbonyl (C=O) groups is 2. The Kier molecular flexibility index (Phi) is 7.74. The monoisotopic (exact) mass is 379 g/mol. The van der Waals surface area contributed by atoms with Gasteiger partial charge in [0, 0.05) is 26.2 Å². The van der Waals surface area contributed by atoms with Gasteiger partial charge in [0.25, 0.3) is 5.91 Å². The van der Waals surface area contributed by atoms with Gasteiger partial charge >= 0.3 is 0 Å². The molecule has 1 fully saturated rings. The van der Waals surface area contributed by atoms with Crippen LogP contribution in [-0.2, 0) is 9.53 Å². The molecule has 1 aliphatic heterocycles. The van der Waals surface area contributed by atoms with Crippen molar-refractivity contribution in [3.05, 3.63) is 35.6 Å². The molecule has 0 radical (unpaired) electrons. The molecule has 2 amide bonds. The van der Waals surface area contributed by atoms with E-state index >= 15 is 0 Å². The highest BCUT2D eigenvalue weighted by atomic mass is 19.1. The Hall–Kier alpha value is -1.99. The lowest BCUT2D eigenvalue weighted by molar-refractivity contribution is -0.135. The van der Waals surface area contributed by atoms with E-state index in [1.54, 1.807) is 6.07 Å². The fraction of sp³-hybridized carbons (Fsp3) is 0.600. The van der Waals surface area contributed by atoms with Crippen LogP contribution in [0.2, 0.25) is 0 Å². The summed E-state index contributed by atoms with van der Waals surface area (Å²) in [7, 11) is 0. The number of hydrogen-bond acceptors (Lipinski definition) is 4. The number of benzene rings is 1. The van der Waals surface area contributed by atoms with Crippen molar-refractivity contribution in [3.63, 3.8) is 0 Å². The van der Waals surface area contributed by atoms with Crippen molar-refractivity contribution in [2.24, 2.45) is 5.92 Å². The molecular weight excluding hydrogens is 349 g/mol. The first-order valence-electron chi connectivity index (χ1n) is 9.49. The van der Waals surface area contributed by atoms with E-state index in [1.165, 1.54) is 18.2 Å². The lowest BCUT2D eigenvalue weighted by Gasteiger charge is -2.41. The minimum Gasteiger partial charge on any atom is -0.373 e. The maximum absolute atomic E-state index is 13.6. The summed E-state index contributed by atoms with van der Waals surface area (Å²) in [6.45, 7) is 10.0. The van der Waals surface area contributed by atoms with E-state index in [0.717, 1.165) is 0 Å². The fourth-order valence-electron chi connectivity index (χ4n) is 3.54. The average Bonchev–Trinajstić information content (AvgIpc) is 2.58. The summed E-state index contributed by atoms with van der Waals surface area (Å²) in [6, 6.07) is 5.57. The van der Waals surface area contributed by atoms with Crippen LogP contribution in [0.3, 0.4) is 0 Å². The van der Waals surface area contributed by atoms with Gasteiger partial charge in [0.15, 0.2) is 0 Å². The van der Waals surface area contributed by atoms with Gasteiger partial charge in [-0.05, 0) is 31.9 Å². The number of rotatable bonds is 7. The molecule has 0 spiro atoms. The van der Waals surface area contributed by atoms with Crippen molar-refractivity contribution in [1.29, 1.82) is 0 Å². The lowest BCUT2D eigenvalue weighted by Crippen LogP contribution is -2.57. The molecule has 150 valence electrons. The minimum atomic E-state index is -0.561. The zero-order valence-corrected chi connectivity index (χ0v) is 16.5. The molecule has 0 saturated carbocycles. The molecule has 0 unspecified atom stereocenters. The fourth-order valence-corrected chi connectivity index (χ4v) is 3.54. The van der Waals surface area contributed by atoms with Crippen LogP contribution in [0, 0.1) is 11.7 Å². The summed E-state index contributed by atoms with van der Waals surface area (Å²) in [5.41, 5.74) is 0.000162. The van der Waals surface area contributed by atoms with Crippen molar-refractivity contribution in [3.8, 4) is 0 Å². The van der Waals surface area contributed by atoms with Gasteiger partial charge in [-0.2, -0.15) is 0 Å². The summed E-state index contributed by atoms with van der Waals surface area (Å²) in [5, 5.41) is 5.51. The molecule has 1 aliphatic rings. The maximum atomic E-state index is 13.6. The summed E-state index contributed by atoms with van der Waals surface area (Å²) < 4.78 is 19.3. The Morgan fingerprint density at radius 3 is 2.33 bits per heavy atom. The second-order valence-corrected chi connectivity index (χ2v) is 7.43. The second-order valence-electron chi connectivity index (χ2n) is 7.43. The smallest absolute Gasteiger partial charge is 0.254 e. The third kappa shape index (κ3) is 6.01. The predicted octanol–water partition coefficient (Wildman–Crippen LogP) is 1.81. The van der Waals surface area contributed by atoms with Crippen molar-refractivity contribution in [2.75, 3.05) is 26.2 Å². The summed E-state index contributed by atoms with van der Waals surface area (Å²) in [5.74, 6) is -0.963. The molecule has 0 bridgehead atoms. The molecule has 6 nitrogen and oxygen atoms in total. The predicted molar refractivity (Wildman–Crippen MR) is 102 cm³/mol. The van der Waals surface area contributed by atoms with E-state index in [2.05, 4.69) is 15.5 Å². The highest BCUT2D eigenvalue weighted by molar-refractivity contribution is 5.94. The Morgan fingerprint density at radius 1 is 1.15 bits per heavy atom. The molecule has 0 aliphatic carbocycles. The van der Waals surface area contributed by atoms with E-state index in [4.69, 9.17) is 4.74 Å². The van der Waals surface area contributed by atoms with Crippen molar-refractivity contribution in [2.45, 2.75) is 45.9 Å². The van der Waals surface area contributed by atoms with Crippen LogP contribution in [-0.4, -0.2) is 61.1 Å². The van der Waals surface area contributed by atoms with Crippen LogP contribution in [0.5, 0.6) is 0 Å². The molecule has 1 aromatic carbocycles. The van der Waals surface area contributed by atoms with Gasteiger partial charge in [0.05, 0.1) is 23.8 Å². The Balaban J connectivity index is 1.84. The number of nitrogens with zero attached hydrogens (tertiary/aromatic N) is 1.